The van der Waals surface area contributed by atoms with Crippen molar-refractivity contribution in [1.82, 2.24) is 5.32 Å². The van der Waals surface area contributed by atoms with Gasteiger partial charge in [-0.05, 0) is 5.56 Å². The Balaban J connectivity index is 2.25. The van der Waals surface area contributed by atoms with Crippen molar-refractivity contribution >= 4 is 24.0 Å². The van der Waals surface area contributed by atoms with Crippen LogP contribution in [0.4, 0.5) is 0 Å². The molecule has 1 aromatic carbocycles. The van der Waals surface area contributed by atoms with Gasteiger partial charge in [0.25, 0.3) is 0 Å². The SMILES string of the molecule is NC1=C(NC=O)C(=O)C(c2ccccc2)S1. The normalized spacial score (nSPS) is 20.0. The molecule has 5 heteroatoms. The average Bonchev–Trinajstić information content (AvgIpc) is 2.59. The summed E-state index contributed by atoms with van der Waals surface area (Å²) in [6.45, 7) is 0. The molecule has 1 atom stereocenters. The van der Waals surface area contributed by atoms with Crippen LogP contribution in [0.15, 0.2) is 41.1 Å². The van der Waals surface area contributed by atoms with Gasteiger partial charge < -0.3 is 11.1 Å². The summed E-state index contributed by atoms with van der Waals surface area (Å²) in [6, 6.07) is 9.35. The lowest BCUT2D eigenvalue weighted by atomic mass is 10.1. The van der Waals surface area contributed by atoms with E-state index in [-0.39, 0.29) is 16.7 Å². The van der Waals surface area contributed by atoms with Gasteiger partial charge in [0.1, 0.15) is 10.9 Å². The van der Waals surface area contributed by atoms with Gasteiger partial charge in [-0.1, -0.05) is 42.1 Å². The van der Waals surface area contributed by atoms with Crippen LogP contribution in [-0.4, -0.2) is 12.2 Å². The van der Waals surface area contributed by atoms with Gasteiger partial charge in [-0.2, -0.15) is 0 Å². The molecule has 1 heterocycles. The minimum atomic E-state index is -0.344. The van der Waals surface area contributed by atoms with Crippen molar-refractivity contribution in [2.24, 2.45) is 5.73 Å². The first kappa shape index (κ1) is 10.8. The zero-order valence-electron chi connectivity index (χ0n) is 8.34. The quantitative estimate of drug-likeness (QED) is 0.763. The molecule has 2 rings (SSSR count). The van der Waals surface area contributed by atoms with Gasteiger partial charge in [-0.15, -0.1) is 0 Å². The van der Waals surface area contributed by atoms with E-state index in [9.17, 15) is 9.59 Å². The number of amides is 1. The van der Waals surface area contributed by atoms with Crippen LogP contribution >= 0.6 is 11.8 Å². The van der Waals surface area contributed by atoms with E-state index in [4.69, 9.17) is 5.73 Å². The Bertz CT molecular complexity index is 456. The van der Waals surface area contributed by atoms with Crippen LogP contribution in [0.25, 0.3) is 0 Å². The first-order valence-electron chi connectivity index (χ1n) is 4.70. The van der Waals surface area contributed by atoms with Crippen LogP contribution in [0, 0.1) is 0 Å². The number of allylic oxidation sites excluding steroid dienone is 1. The predicted octanol–water partition coefficient (Wildman–Crippen LogP) is 0.917. The number of nitrogens with two attached hydrogens (primary N) is 1. The van der Waals surface area contributed by atoms with Gasteiger partial charge >= 0.3 is 0 Å². The number of Topliss-reactive ketones (excluding diaryl/α,β-unsaturated/α-hetero) is 1. The summed E-state index contributed by atoms with van der Waals surface area (Å²) < 4.78 is 0. The van der Waals surface area contributed by atoms with E-state index >= 15 is 0 Å². The number of benzene rings is 1. The molecule has 16 heavy (non-hydrogen) atoms. The molecule has 4 nitrogen and oxygen atoms in total. The number of rotatable bonds is 3. The number of hydrogen-bond acceptors (Lipinski definition) is 4. The lowest BCUT2D eigenvalue weighted by Gasteiger charge is -2.07. The Morgan fingerprint density at radius 3 is 2.62 bits per heavy atom. The predicted molar refractivity (Wildman–Crippen MR) is 62.2 cm³/mol. The molecule has 82 valence electrons. The maximum atomic E-state index is 11.9. The lowest BCUT2D eigenvalue weighted by Crippen LogP contribution is -2.20. The zero-order valence-corrected chi connectivity index (χ0v) is 9.16. The van der Waals surface area contributed by atoms with Gasteiger partial charge in [0.05, 0.1) is 5.03 Å². The van der Waals surface area contributed by atoms with E-state index in [1.807, 2.05) is 30.3 Å². The molecule has 0 aromatic heterocycles. The fraction of sp³-hybridized carbons (Fsp3) is 0.0909. The van der Waals surface area contributed by atoms with Crippen LogP contribution in [0.1, 0.15) is 10.8 Å². The third-order valence-electron chi connectivity index (χ3n) is 2.28. The van der Waals surface area contributed by atoms with Gasteiger partial charge in [-0.25, -0.2) is 0 Å². The molecule has 0 spiro atoms. The van der Waals surface area contributed by atoms with E-state index < -0.39 is 0 Å². The molecule has 3 N–H and O–H groups in total. The van der Waals surface area contributed by atoms with E-state index in [1.54, 1.807) is 0 Å². The monoisotopic (exact) mass is 234 g/mol. The number of ketones is 1. The van der Waals surface area contributed by atoms with Crippen molar-refractivity contribution in [1.29, 1.82) is 0 Å². The fourth-order valence-corrected chi connectivity index (χ4v) is 2.59. The number of carbonyl (C=O) groups excluding carboxylic acids is 2. The summed E-state index contributed by atoms with van der Waals surface area (Å²) in [6.07, 6.45) is 0.466. The minimum absolute atomic E-state index is 0.152. The third kappa shape index (κ3) is 1.81. The largest absolute Gasteiger partial charge is 0.392 e. The van der Waals surface area contributed by atoms with Crippen LogP contribution < -0.4 is 11.1 Å². The molecule has 0 saturated heterocycles. The number of nitrogens with one attached hydrogen (secondary N) is 1. The molecule has 1 aliphatic rings. The number of thioether (sulfide) groups is 1. The Kier molecular flexibility index (Phi) is 2.96. The average molecular weight is 234 g/mol. The molecular weight excluding hydrogens is 224 g/mol. The van der Waals surface area contributed by atoms with Crippen LogP contribution in [0.3, 0.4) is 0 Å². The van der Waals surface area contributed by atoms with Crippen molar-refractivity contribution in [3.05, 3.63) is 46.6 Å². The number of hydrogen-bond donors (Lipinski definition) is 2. The zero-order chi connectivity index (χ0) is 11.5. The third-order valence-corrected chi connectivity index (χ3v) is 3.46. The van der Waals surface area contributed by atoms with Crippen LogP contribution in [-0.2, 0) is 9.59 Å². The minimum Gasteiger partial charge on any atom is -0.392 e. The second-order valence-corrected chi connectivity index (χ2v) is 4.42. The summed E-state index contributed by atoms with van der Waals surface area (Å²) in [5, 5.41) is 2.37. The topological polar surface area (TPSA) is 72.2 Å². The van der Waals surface area contributed by atoms with Crippen LogP contribution in [0.5, 0.6) is 0 Å². The van der Waals surface area contributed by atoms with Gasteiger partial charge in [0.2, 0.25) is 6.41 Å². The number of carbonyl (C=O) groups is 2. The van der Waals surface area contributed by atoms with Crippen molar-refractivity contribution in [3.8, 4) is 0 Å². The first-order valence-corrected chi connectivity index (χ1v) is 5.57. The Morgan fingerprint density at radius 1 is 1.31 bits per heavy atom. The molecule has 1 aromatic rings. The highest BCUT2D eigenvalue weighted by Crippen LogP contribution is 2.41. The molecule has 0 bridgehead atoms. The maximum Gasteiger partial charge on any atom is 0.211 e. The summed E-state index contributed by atoms with van der Waals surface area (Å²) in [4.78, 5) is 22.3. The highest BCUT2D eigenvalue weighted by molar-refractivity contribution is 8.04. The summed E-state index contributed by atoms with van der Waals surface area (Å²) in [5.74, 6) is -0.152. The van der Waals surface area contributed by atoms with Crippen LogP contribution in [0.2, 0.25) is 0 Å². The second kappa shape index (κ2) is 4.40. The molecule has 0 fully saturated rings. The molecular formula is C11H10N2O2S. The molecule has 0 radical (unpaired) electrons. The fourth-order valence-electron chi connectivity index (χ4n) is 1.54. The Hall–Kier alpha value is -1.75. The van der Waals surface area contributed by atoms with Gasteiger partial charge in [0.15, 0.2) is 5.78 Å². The van der Waals surface area contributed by atoms with Crippen molar-refractivity contribution in [2.75, 3.05) is 0 Å². The van der Waals surface area contributed by atoms with E-state index in [2.05, 4.69) is 5.32 Å². The van der Waals surface area contributed by atoms with Crippen molar-refractivity contribution in [3.63, 3.8) is 0 Å². The smallest absolute Gasteiger partial charge is 0.211 e. The Labute approximate surface area is 96.9 Å². The maximum absolute atomic E-state index is 11.9. The van der Waals surface area contributed by atoms with Crippen molar-refractivity contribution in [2.45, 2.75) is 5.25 Å². The lowest BCUT2D eigenvalue weighted by molar-refractivity contribution is -0.117. The van der Waals surface area contributed by atoms with Crippen molar-refractivity contribution < 1.29 is 9.59 Å². The summed E-state index contributed by atoms with van der Waals surface area (Å²) in [7, 11) is 0. The first-order chi connectivity index (χ1) is 7.74. The van der Waals surface area contributed by atoms with E-state index in [0.29, 0.717) is 11.4 Å². The molecule has 0 aliphatic carbocycles. The van der Waals surface area contributed by atoms with E-state index in [0.717, 1.165) is 5.56 Å². The second-order valence-electron chi connectivity index (χ2n) is 3.27. The molecule has 1 unspecified atom stereocenters. The standard InChI is InChI=1S/C11H10N2O2S/c12-11-8(13-6-14)9(15)10(16-11)7-4-2-1-3-5-7/h1-6,10H,12H2,(H,13,14). The molecule has 1 aliphatic heterocycles. The Morgan fingerprint density at radius 2 is 2.00 bits per heavy atom. The van der Waals surface area contributed by atoms with Gasteiger partial charge in [-0.3, -0.25) is 9.59 Å². The molecule has 0 saturated carbocycles. The summed E-state index contributed by atoms with van der Waals surface area (Å²) >= 11 is 1.26. The highest BCUT2D eigenvalue weighted by Gasteiger charge is 2.33. The van der Waals surface area contributed by atoms with E-state index in [1.165, 1.54) is 11.8 Å². The highest BCUT2D eigenvalue weighted by atomic mass is 32.2. The molecule has 1 amide bonds. The van der Waals surface area contributed by atoms with Gasteiger partial charge in [0, 0.05) is 0 Å². The summed E-state index contributed by atoms with van der Waals surface area (Å²) in [5.41, 5.74) is 6.78.